The molecule has 102 valence electrons. The quantitative estimate of drug-likeness (QED) is 0.821. The Kier molecular flexibility index (Phi) is 4.74. The van der Waals surface area contributed by atoms with E-state index in [0.717, 1.165) is 18.8 Å². The van der Waals surface area contributed by atoms with E-state index in [1.807, 2.05) is 6.33 Å². The molecule has 0 aliphatic carbocycles. The zero-order valence-corrected chi connectivity index (χ0v) is 11.5. The van der Waals surface area contributed by atoms with Crippen LogP contribution in [0.5, 0.6) is 0 Å². The van der Waals surface area contributed by atoms with Gasteiger partial charge in [0.1, 0.15) is 0 Å². The maximum atomic E-state index is 5.54. The van der Waals surface area contributed by atoms with Crippen LogP contribution in [0, 0.1) is 0 Å². The van der Waals surface area contributed by atoms with Crippen LogP contribution in [-0.2, 0) is 13.1 Å². The van der Waals surface area contributed by atoms with Crippen molar-refractivity contribution in [2.45, 2.75) is 32.0 Å². The number of rotatable bonds is 5. The second-order valence-corrected chi connectivity index (χ2v) is 5.34. The van der Waals surface area contributed by atoms with Crippen molar-refractivity contribution in [3.63, 3.8) is 0 Å². The van der Waals surface area contributed by atoms with Gasteiger partial charge in [-0.1, -0.05) is 0 Å². The zero-order valence-electron chi connectivity index (χ0n) is 11.5. The third-order valence-corrected chi connectivity index (χ3v) is 3.80. The van der Waals surface area contributed by atoms with E-state index in [1.165, 1.54) is 25.9 Å². The first kappa shape index (κ1) is 13.5. The molecule has 0 radical (unpaired) electrons. The number of hydrogen-bond donors (Lipinski definition) is 1. The molecule has 1 aliphatic heterocycles. The summed E-state index contributed by atoms with van der Waals surface area (Å²) in [6, 6.07) is 0.695. The summed E-state index contributed by atoms with van der Waals surface area (Å²) in [5.74, 6) is 0. The SMILES string of the molecule is CN1CCC(N(C)Cc2cn(CCN)cn2)CC1. The molecule has 0 bridgehead atoms. The lowest BCUT2D eigenvalue weighted by Crippen LogP contribution is -2.41. The predicted molar refractivity (Wildman–Crippen MR) is 73.3 cm³/mol. The van der Waals surface area contributed by atoms with Crippen LogP contribution in [-0.4, -0.2) is 59.1 Å². The molecule has 2 rings (SSSR count). The van der Waals surface area contributed by atoms with Crippen LogP contribution < -0.4 is 5.73 Å². The number of nitrogens with two attached hydrogens (primary N) is 1. The molecule has 1 aromatic heterocycles. The standard InChI is InChI=1S/C13H25N5/c1-16-6-3-13(4-7-16)17(2)9-12-10-18(8-5-14)11-15-12/h10-11,13H,3-9,14H2,1-2H3. The maximum Gasteiger partial charge on any atom is 0.0950 e. The van der Waals surface area contributed by atoms with E-state index in [2.05, 4.69) is 39.6 Å². The molecular weight excluding hydrogens is 226 g/mol. The van der Waals surface area contributed by atoms with Crippen molar-refractivity contribution >= 4 is 0 Å². The summed E-state index contributed by atoms with van der Waals surface area (Å²) in [7, 11) is 4.41. The van der Waals surface area contributed by atoms with E-state index in [9.17, 15) is 0 Å². The molecule has 1 aliphatic rings. The van der Waals surface area contributed by atoms with Gasteiger partial charge in [-0.25, -0.2) is 4.98 Å². The van der Waals surface area contributed by atoms with Gasteiger partial charge in [-0.2, -0.15) is 0 Å². The highest BCUT2D eigenvalue weighted by atomic mass is 15.2. The molecule has 0 saturated carbocycles. The van der Waals surface area contributed by atoms with E-state index in [4.69, 9.17) is 5.73 Å². The fourth-order valence-electron chi connectivity index (χ4n) is 2.58. The molecule has 0 unspecified atom stereocenters. The molecule has 5 heteroatoms. The number of imidazole rings is 1. The molecule has 18 heavy (non-hydrogen) atoms. The van der Waals surface area contributed by atoms with E-state index in [0.29, 0.717) is 12.6 Å². The first-order valence-corrected chi connectivity index (χ1v) is 6.78. The van der Waals surface area contributed by atoms with E-state index in [-0.39, 0.29) is 0 Å². The van der Waals surface area contributed by atoms with Crippen LogP contribution in [0.1, 0.15) is 18.5 Å². The lowest BCUT2D eigenvalue weighted by molar-refractivity contribution is 0.138. The van der Waals surface area contributed by atoms with Gasteiger partial charge in [-0.15, -0.1) is 0 Å². The Balaban J connectivity index is 1.84. The van der Waals surface area contributed by atoms with Crippen molar-refractivity contribution in [1.82, 2.24) is 19.4 Å². The summed E-state index contributed by atoms with van der Waals surface area (Å²) in [4.78, 5) is 9.28. The van der Waals surface area contributed by atoms with Crippen LogP contribution in [0.4, 0.5) is 0 Å². The molecule has 5 nitrogen and oxygen atoms in total. The van der Waals surface area contributed by atoms with Crippen molar-refractivity contribution in [2.75, 3.05) is 33.7 Å². The molecule has 1 aromatic rings. The van der Waals surface area contributed by atoms with Crippen molar-refractivity contribution in [3.05, 3.63) is 18.2 Å². The van der Waals surface area contributed by atoms with Gasteiger partial charge in [0.2, 0.25) is 0 Å². The Morgan fingerprint density at radius 1 is 1.44 bits per heavy atom. The first-order chi connectivity index (χ1) is 8.69. The topological polar surface area (TPSA) is 50.3 Å². The van der Waals surface area contributed by atoms with Crippen LogP contribution >= 0.6 is 0 Å². The smallest absolute Gasteiger partial charge is 0.0950 e. The Hall–Kier alpha value is -0.910. The third kappa shape index (κ3) is 3.54. The summed E-state index contributed by atoms with van der Waals surface area (Å²) in [6.07, 6.45) is 6.51. The van der Waals surface area contributed by atoms with Gasteiger partial charge >= 0.3 is 0 Å². The average Bonchev–Trinajstić information content (AvgIpc) is 2.78. The molecular formula is C13H25N5. The first-order valence-electron chi connectivity index (χ1n) is 6.78. The van der Waals surface area contributed by atoms with Gasteiger partial charge in [0.15, 0.2) is 0 Å². The highest BCUT2D eigenvalue weighted by Gasteiger charge is 2.20. The average molecular weight is 251 g/mol. The molecule has 0 atom stereocenters. The Labute approximate surface area is 110 Å². The normalized spacial score (nSPS) is 18.7. The largest absolute Gasteiger partial charge is 0.336 e. The van der Waals surface area contributed by atoms with Gasteiger partial charge in [-0.05, 0) is 40.0 Å². The van der Waals surface area contributed by atoms with Crippen molar-refractivity contribution in [3.8, 4) is 0 Å². The summed E-state index contributed by atoms with van der Waals surface area (Å²) < 4.78 is 2.07. The predicted octanol–water partition coefficient (Wildman–Crippen LogP) is 0.368. The maximum absolute atomic E-state index is 5.54. The lowest BCUT2D eigenvalue weighted by Gasteiger charge is -2.34. The third-order valence-electron chi connectivity index (χ3n) is 3.80. The summed E-state index contributed by atoms with van der Waals surface area (Å²) in [6.45, 7) is 4.87. The van der Waals surface area contributed by atoms with Crippen molar-refractivity contribution in [1.29, 1.82) is 0 Å². The van der Waals surface area contributed by atoms with Crippen LogP contribution in [0.25, 0.3) is 0 Å². The Morgan fingerprint density at radius 2 is 2.17 bits per heavy atom. The minimum Gasteiger partial charge on any atom is -0.336 e. The Bertz CT molecular complexity index is 354. The van der Waals surface area contributed by atoms with Gasteiger partial charge in [0.05, 0.1) is 12.0 Å². The number of aromatic nitrogens is 2. The lowest BCUT2D eigenvalue weighted by atomic mass is 10.0. The summed E-state index contributed by atoms with van der Waals surface area (Å²) in [5.41, 5.74) is 6.68. The number of hydrogen-bond acceptors (Lipinski definition) is 4. The Morgan fingerprint density at radius 3 is 2.83 bits per heavy atom. The fourth-order valence-corrected chi connectivity index (χ4v) is 2.58. The van der Waals surface area contributed by atoms with Gasteiger partial charge < -0.3 is 15.2 Å². The molecule has 0 aromatic carbocycles. The van der Waals surface area contributed by atoms with Gasteiger partial charge in [-0.3, -0.25) is 4.90 Å². The van der Waals surface area contributed by atoms with Gasteiger partial charge in [0.25, 0.3) is 0 Å². The second-order valence-electron chi connectivity index (χ2n) is 5.34. The van der Waals surface area contributed by atoms with E-state index < -0.39 is 0 Å². The van der Waals surface area contributed by atoms with Crippen LogP contribution in [0.2, 0.25) is 0 Å². The monoisotopic (exact) mass is 251 g/mol. The molecule has 1 fully saturated rings. The van der Waals surface area contributed by atoms with Crippen LogP contribution in [0.3, 0.4) is 0 Å². The fraction of sp³-hybridized carbons (Fsp3) is 0.769. The molecule has 0 amide bonds. The van der Waals surface area contributed by atoms with E-state index in [1.54, 1.807) is 0 Å². The van der Waals surface area contributed by atoms with Gasteiger partial charge in [0, 0.05) is 31.9 Å². The molecule has 1 saturated heterocycles. The number of likely N-dealkylation sites (tertiary alicyclic amines) is 1. The van der Waals surface area contributed by atoms with Crippen molar-refractivity contribution in [2.24, 2.45) is 5.73 Å². The highest BCUT2D eigenvalue weighted by Crippen LogP contribution is 2.15. The second kappa shape index (κ2) is 6.31. The molecule has 2 N–H and O–H groups in total. The summed E-state index contributed by atoms with van der Waals surface area (Å²) in [5, 5.41) is 0. The van der Waals surface area contributed by atoms with E-state index >= 15 is 0 Å². The number of piperidine rings is 1. The summed E-state index contributed by atoms with van der Waals surface area (Å²) >= 11 is 0. The minimum absolute atomic E-state index is 0.667. The zero-order chi connectivity index (χ0) is 13.0. The highest BCUT2D eigenvalue weighted by molar-refractivity contribution is 4.97. The number of nitrogens with zero attached hydrogens (tertiary/aromatic N) is 4. The molecule has 0 spiro atoms. The van der Waals surface area contributed by atoms with Crippen LogP contribution in [0.15, 0.2) is 12.5 Å². The minimum atomic E-state index is 0.667. The molecule has 2 heterocycles. The van der Waals surface area contributed by atoms with Crippen molar-refractivity contribution < 1.29 is 0 Å².